The minimum absolute atomic E-state index is 0.0964. The molecule has 0 saturated carbocycles. The highest BCUT2D eigenvalue weighted by molar-refractivity contribution is 7.89. The van der Waals surface area contributed by atoms with E-state index in [2.05, 4.69) is 25.3 Å². The van der Waals surface area contributed by atoms with Crippen LogP contribution >= 0.6 is 11.6 Å². The predicted octanol–water partition coefficient (Wildman–Crippen LogP) is 5.40. The Labute approximate surface area is 205 Å². The molecule has 36 heavy (non-hydrogen) atoms. The van der Waals surface area contributed by atoms with Gasteiger partial charge in [-0.25, -0.2) is 23.1 Å². The number of sulfonamides is 1. The molecule has 0 fully saturated rings. The van der Waals surface area contributed by atoms with Crippen molar-refractivity contribution >= 4 is 44.6 Å². The standard InChI is InChI=1S/C20H16ClF6N5O3S/c1-28-36(33,34)13-6-7-15(35-18(19(22,23)24)20(25,26)27)14(8-13)32-17-9-16(29-10-30-17)31-12-4-2-11(21)3-5-12/h2-10,18,28H,1H3,(H2,29,30,31,32). The van der Waals surface area contributed by atoms with Crippen LogP contribution in [0.5, 0.6) is 5.75 Å². The summed E-state index contributed by atoms with van der Waals surface area (Å²) in [6.45, 7) is 0. The van der Waals surface area contributed by atoms with Crippen LogP contribution in [0.2, 0.25) is 5.02 Å². The number of halogens is 7. The summed E-state index contributed by atoms with van der Waals surface area (Å²) >= 11 is 5.83. The van der Waals surface area contributed by atoms with Crippen molar-refractivity contribution in [2.24, 2.45) is 0 Å². The highest BCUT2D eigenvalue weighted by Gasteiger charge is 2.59. The van der Waals surface area contributed by atoms with Crippen molar-refractivity contribution in [3.63, 3.8) is 0 Å². The van der Waals surface area contributed by atoms with Gasteiger partial charge < -0.3 is 15.4 Å². The van der Waals surface area contributed by atoms with Gasteiger partial charge in [0.1, 0.15) is 23.7 Å². The van der Waals surface area contributed by atoms with E-state index >= 15 is 0 Å². The van der Waals surface area contributed by atoms with Gasteiger partial charge in [-0.05, 0) is 49.5 Å². The van der Waals surface area contributed by atoms with Gasteiger partial charge in [0.05, 0.1) is 10.6 Å². The van der Waals surface area contributed by atoms with E-state index in [0.717, 1.165) is 25.5 Å². The lowest BCUT2D eigenvalue weighted by molar-refractivity contribution is -0.299. The fourth-order valence-corrected chi connectivity index (χ4v) is 3.64. The summed E-state index contributed by atoms with van der Waals surface area (Å²) in [6, 6.07) is 10.0. The number of rotatable bonds is 8. The molecule has 0 atom stereocenters. The molecular formula is C20H16ClF6N5O3S. The number of aromatic nitrogens is 2. The van der Waals surface area contributed by atoms with E-state index in [0.29, 0.717) is 16.8 Å². The second kappa shape index (κ2) is 10.4. The van der Waals surface area contributed by atoms with Gasteiger partial charge >= 0.3 is 12.4 Å². The van der Waals surface area contributed by atoms with Crippen LogP contribution in [0.1, 0.15) is 0 Å². The van der Waals surface area contributed by atoms with Crippen molar-refractivity contribution in [3.05, 3.63) is 59.9 Å². The highest BCUT2D eigenvalue weighted by Crippen LogP contribution is 2.39. The quantitative estimate of drug-likeness (QED) is 0.320. The lowest BCUT2D eigenvalue weighted by Crippen LogP contribution is -2.46. The molecule has 8 nitrogen and oxygen atoms in total. The fraction of sp³-hybridized carbons (Fsp3) is 0.200. The first-order valence-corrected chi connectivity index (χ1v) is 11.5. The number of nitrogens with zero attached hydrogens (tertiary/aromatic N) is 2. The third kappa shape index (κ3) is 6.89. The van der Waals surface area contributed by atoms with Crippen molar-refractivity contribution in [2.45, 2.75) is 23.4 Å². The van der Waals surface area contributed by atoms with Gasteiger partial charge in [0.15, 0.2) is 0 Å². The lowest BCUT2D eigenvalue weighted by atomic mass is 10.2. The molecule has 3 rings (SSSR count). The molecule has 0 amide bonds. The SMILES string of the molecule is CNS(=O)(=O)c1ccc(OC(C(F)(F)F)C(F)(F)F)c(Nc2cc(Nc3ccc(Cl)cc3)ncn2)c1. The van der Waals surface area contributed by atoms with Gasteiger partial charge in [0, 0.05) is 16.8 Å². The van der Waals surface area contributed by atoms with E-state index in [1.54, 1.807) is 24.3 Å². The summed E-state index contributed by atoms with van der Waals surface area (Å²) < 4.78 is 109. The largest absolute Gasteiger partial charge is 0.469 e. The number of ether oxygens (including phenoxy) is 1. The number of hydrogen-bond donors (Lipinski definition) is 3. The Morgan fingerprint density at radius 1 is 0.889 bits per heavy atom. The molecule has 0 spiro atoms. The molecule has 2 aromatic carbocycles. The van der Waals surface area contributed by atoms with Crippen LogP contribution in [0.25, 0.3) is 0 Å². The molecule has 3 aromatic rings. The summed E-state index contributed by atoms with van der Waals surface area (Å²) in [6.07, 6.45) is -14.7. The molecule has 0 saturated heterocycles. The summed E-state index contributed by atoms with van der Waals surface area (Å²) in [5.41, 5.74) is 0.0364. The monoisotopic (exact) mass is 555 g/mol. The van der Waals surface area contributed by atoms with Crippen molar-refractivity contribution in [3.8, 4) is 5.75 Å². The second-order valence-electron chi connectivity index (χ2n) is 6.99. The van der Waals surface area contributed by atoms with Crippen molar-refractivity contribution < 1.29 is 39.5 Å². The maximum absolute atomic E-state index is 13.1. The second-order valence-corrected chi connectivity index (χ2v) is 9.31. The zero-order valence-corrected chi connectivity index (χ0v) is 19.5. The van der Waals surface area contributed by atoms with Gasteiger partial charge in [0.25, 0.3) is 6.10 Å². The van der Waals surface area contributed by atoms with Crippen molar-refractivity contribution in [1.82, 2.24) is 14.7 Å². The Balaban J connectivity index is 1.99. The van der Waals surface area contributed by atoms with Gasteiger partial charge in [-0.1, -0.05) is 11.6 Å². The van der Waals surface area contributed by atoms with Gasteiger partial charge in [-0.15, -0.1) is 0 Å². The Kier molecular flexibility index (Phi) is 7.85. The average molecular weight is 556 g/mol. The first-order valence-electron chi connectivity index (χ1n) is 9.68. The number of anilines is 4. The van der Waals surface area contributed by atoms with Crippen LogP contribution in [0.3, 0.4) is 0 Å². The Morgan fingerprint density at radius 3 is 2.03 bits per heavy atom. The summed E-state index contributed by atoms with van der Waals surface area (Å²) in [7, 11) is -3.03. The van der Waals surface area contributed by atoms with Crippen molar-refractivity contribution in [1.29, 1.82) is 0 Å². The fourth-order valence-electron chi connectivity index (χ4n) is 2.75. The van der Waals surface area contributed by atoms with Gasteiger partial charge in [-0.3, -0.25) is 0 Å². The molecule has 0 aliphatic rings. The van der Waals surface area contributed by atoms with Crippen LogP contribution < -0.4 is 20.1 Å². The third-order valence-electron chi connectivity index (χ3n) is 4.42. The minimum Gasteiger partial charge on any atom is -0.469 e. The molecule has 3 N–H and O–H groups in total. The lowest BCUT2D eigenvalue weighted by Gasteiger charge is -2.25. The summed E-state index contributed by atoms with van der Waals surface area (Å²) in [5, 5.41) is 5.87. The smallest absolute Gasteiger partial charge is 0.434 e. The van der Waals surface area contributed by atoms with Crippen LogP contribution in [0.4, 0.5) is 49.4 Å². The molecular weight excluding hydrogens is 540 g/mol. The minimum atomic E-state index is -5.80. The number of hydrogen-bond acceptors (Lipinski definition) is 7. The third-order valence-corrected chi connectivity index (χ3v) is 6.08. The summed E-state index contributed by atoms with van der Waals surface area (Å²) in [5.74, 6) is -0.823. The molecule has 0 bridgehead atoms. The highest BCUT2D eigenvalue weighted by atomic mass is 35.5. The number of benzene rings is 2. The van der Waals surface area contributed by atoms with Crippen LogP contribution in [-0.2, 0) is 10.0 Å². The van der Waals surface area contributed by atoms with E-state index in [1.807, 2.05) is 4.72 Å². The Morgan fingerprint density at radius 2 is 1.47 bits per heavy atom. The maximum Gasteiger partial charge on any atom is 0.434 e. The van der Waals surface area contributed by atoms with Crippen LogP contribution in [-0.4, -0.2) is 43.9 Å². The van der Waals surface area contributed by atoms with Crippen LogP contribution in [0.15, 0.2) is 59.8 Å². The van der Waals surface area contributed by atoms with Crippen LogP contribution in [0, 0.1) is 0 Å². The van der Waals surface area contributed by atoms with E-state index in [9.17, 15) is 34.8 Å². The van der Waals surface area contributed by atoms with E-state index in [4.69, 9.17) is 11.6 Å². The molecule has 1 aromatic heterocycles. The van der Waals surface area contributed by atoms with E-state index in [-0.39, 0.29) is 11.6 Å². The molecule has 16 heteroatoms. The normalized spacial score (nSPS) is 12.5. The van der Waals surface area contributed by atoms with Gasteiger partial charge in [0.2, 0.25) is 10.0 Å². The first-order chi connectivity index (χ1) is 16.7. The molecule has 1 heterocycles. The zero-order valence-electron chi connectivity index (χ0n) is 17.9. The zero-order chi connectivity index (χ0) is 26.7. The number of alkyl halides is 6. The Hall–Kier alpha value is -3.30. The Bertz CT molecular complexity index is 1310. The molecule has 0 radical (unpaired) electrons. The van der Waals surface area contributed by atoms with E-state index < -0.39 is 44.8 Å². The molecule has 0 aliphatic heterocycles. The molecule has 0 unspecified atom stereocenters. The first kappa shape index (κ1) is 27.3. The topological polar surface area (TPSA) is 105 Å². The number of nitrogens with one attached hydrogen (secondary N) is 3. The average Bonchev–Trinajstić information content (AvgIpc) is 2.78. The molecule has 194 valence electrons. The van der Waals surface area contributed by atoms with Crippen molar-refractivity contribution in [2.75, 3.05) is 17.7 Å². The predicted molar refractivity (Wildman–Crippen MR) is 119 cm³/mol. The summed E-state index contributed by atoms with van der Waals surface area (Å²) in [4.78, 5) is 7.39. The maximum atomic E-state index is 13.1. The van der Waals surface area contributed by atoms with Gasteiger partial charge in [-0.2, -0.15) is 26.3 Å². The molecule has 0 aliphatic carbocycles. The van der Waals surface area contributed by atoms with E-state index in [1.165, 1.54) is 6.07 Å².